The highest BCUT2D eigenvalue weighted by Gasteiger charge is 2.19. The average molecular weight is 615 g/mol. The van der Waals surface area contributed by atoms with Gasteiger partial charge in [0.2, 0.25) is 0 Å². The first-order valence-electron chi connectivity index (χ1n) is 16.7. The summed E-state index contributed by atoms with van der Waals surface area (Å²) in [5, 5.41) is 11.6. The van der Waals surface area contributed by atoms with E-state index in [9.17, 15) is 0 Å². The van der Waals surface area contributed by atoms with E-state index in [1.54, 1.807) is 0 Å². The molecule has 2 heterocycles. The average Bonchev–Trinajstić information content (AvgIpc) is 3.70. The van der Waals surface area contributed by atoms with Crippen molar-refractivity contribution >= 4 is 76.6 Å². The van der Waals surface area contributed by atoms with E-state index >= 15 is 0 Å². The third kappa shape index (κ3) is 4.19. The molecule has 0 atom stereocenters. The second kappa shape index (κ2) is 10.7. The van der Waals surface area contributed by atoms with Crippen LogP contribution in [0.2, 0.25) is 0 Å². The van der Waals surface area contributed by atoms with Gasteiger partial charge in [0.1, 0.15) is 22.3 Å². The SMILES string of the molecule is C1=C/C(c2ccc3ccccc3c2)=c2/cccc/c2=C(c2cc3c4ccccc4oc3c3cc4oc5ccccc5c4cc23)/C=C/CC/1. The van der Waals surface area contributed by atoms with Crippen LogP contribution < -0.4 is 10.4 Å². The molecule has 9 aromatic rings. The lowest BCUT2D eigenvalue weighted by atomic mass is 9.90. The first-order chi connectivity index (χ1) is 23.8. The summed E-state index contributed by atoms with van der Waals surface area (Å²) in [5.74, 6) is 0. The van der Waals surface area contributed by atoms with Crippen molar-refractivity contribution in [3.63, 3.8) is 0 Å². The molecule has 0 fully saturated rings. The molecule has 0 radical (unpaired) electrons. The Balaban J connectivity index is 1.39. The molecule has 0 saturated carbocycles. The third-order valence-corrected chi connectivity index (χ3v) is 9.90. The third-order valence-electron chi connectivity index (χ3n) is 9.90. The van der Waals surface area contributed by atoms with Crippen LogP contribution in [0.4, 0.5) is 0 Å². The number of hydrogen-bond acceptors (Lipinski definition) is 2. The highest BCUT2D eigenvalue weighted by atomic mass is 16.3. The summed E-state index contributed by atoms with van der Waals surface area (Å²) in [6.07, 6.45) is 11.2. The molecule has 0 bridgehead atoms. The monoisotopic (exact) mass is 614 g/mol. The number of benzene rings is 7. The van der Waals surface area contributed by atoms with Crippen LogP contribution >= 0.6 is 0 Å². The van der Waals surface area contributed by atoms with Gasteiger partial charge in [-0.3, -0.25) is 0 Å². The second-order valence-electron chi connectivity index (χ2n) is 12.7. The molecule has 2 aromatic heterocycles. The predicted octanol–water partition coefficient (Wildman–Crippen LogP) is 11.1. The zero-order valence-electron chi connectivity index (χ0n) is 26.2. The zero-order chi connectivity index (χ0) is 31.6. The van der Waals surface area contributed by atoms with Crippen molar-refractivity contribution in [2.75, 3.05) is 0 Å². The minimum absolute atomic E-state index is 0.867. The summed E-state index contributed by atoms with van der Waals surface area (Å²) in [5.41, 5.74) is 8.36. The highest BCUT2D eigenvalue weighted by Crippen LogP contribution is 2.41. The van der Waals surface area contributed by atoms with Crippen molar-refractivity contribution in [3.05, 3.63) is 179 Å². The van der Waals surface area contributed by atoms with Gasteiger partial charge in [0.05, 0.1) is 0 Å². The Morgan fingerprint density at radius 3 is 1.83 bits per heavy atom. The van der Waals surface area contributed by atoms with Gasteiger partial charge in [-0.05, 0) is 98.1 Å². The fourth-order valence-electron chi connectivity index (χ4n) is 7.61. The van der Waals surface area contributed by atoms with Gasteiger partial charge >= 0.3 is 0 Å². The molecule has 0 N–H and O–H groups in total. The van der Waals surface area contributed by atoms with E-state index in [4.69, 9.17) is 8.83 Å². The first kappa shape index (κ1) is 27.0. The maximum Gasteiger partial charge on any atom is 0.143 e. The minimum atomic E-state index is 0.867. The molecule has 48 heavy (non-hydrogen) atoms. The largest absolute Gasteiger partial charge is 0.456 e. The Bertz CT molecular complexity index is 2950. The van der Waals surface area contributed by atoms with E-state index in [2.05, 4.69) is 140 Å². The molecule has 2 nitrogen and oxygen atoms in total. The van der Waals surface area contributed by atoms with E-state index in [1.807, 2.05) is 18.2 Å². The molecular weight excluding hydrogens is 585 g/mol. The molecule has 10 rings (SSSR count). The summed E-state index contributed by atoms with van der Waals surface area (Å²) >= 11 is 0. The van der Waals surface area contributed by atoms with Crippen molar-refractivity contribution in [2.45, 2.75) is 12.8 Å². The van der Waals surface area contributed by atoms with Crippen LogP contribution in [0.25, 0.3) is 76.6 Å². The van der Waals surface area contributed by atoms with Gasteiger partial charge in [-0.25, -0.2) is 0 Å². The Morgan fingerprint density at radius 1 is 0.396 bits per heavy atom. The lowest BCUT2D eigenvalue weighted by molar-refractivity contribution is 0.667. The van der Waals surface area contributed by atoms with Crippen LogP contribution in [-0.4, -0.2) is 0 Å². The normalized spacial score (nSPS) is 17.4. The summed E-state index contributed by atoms with van der Waals surface area (Å²) in [4.78, 5) is 0. The van der Waals surface area contributed by atoms with Crippen LogP contribution in [0.3, 0.4) is 0 Å². The predicted molar refractivity (Wildman–Crippen MR) is 201 cm³/mol. The lowest BCUT2D eigenvalue weighted by Gasteiger charge is -2.13. The maximum absolute atomic E-state index is 6.61. The number of rotatable bonds is 2. The van der Waals surface area contributed by atoms with Crippen molar-refractivity contribution in [1.82, 2.24) is 0 Å². The summed E-state index contributed by atoms with van der Waals surface area (Å²) < 4.78 is 13.0. The van der Waals surface area contributed by atoms with Crippen LogP contribution in [-0.2, 0) is 0 Å². The molecule has 0 spiro atoms. The summed E-state index contributed by atoms with van der Waals surface area (Å²) in [6, 6.07) is 47.8. The Labute approximate surface area is 276 Å². The van der Waals surface area contributed by atoms with Gasteiger partial charge in [0, 0.05) is 26.9 Å². The van der Waals surface area contributed by atoms with Crippen molar-refractivity contribution in [3.8, 4) is 0 Å². The van der Waals surface area contributed by atoms with E-state index in [0.29, 0.717) is 0 Å². The van der Waals surface area contributed by atoms with Crippen LogP contribution in [0.1, 0.15) is 24.0 Å². The first-order valence-corrected chi connectivity index (χ1v) is 16.7. The quantitative estimate of drug-likeness (QED) is 0.194. The number of allylic oxidation sites excluding steroid dienone is 4. The number of fused-ring (bicyclic) bond motifs is 10. The van der Waals surface area contributed by atoms with E-state index in [-0.39, 0.29) is 0 Å². The van der Waals surface area contributed by atoms with Crippen LogP contribution in [0.5, 0.6) is 0 Å². The van der Waals surface area contributed by atoms with Crippen LogP contribution in [0, 0.1) is 0 Å². The highest BCUT2D eigenvalue weighted by molar-refractivity contribution is 6.22. The van der Waals surface area contributed by atoms with Gasteiger partial charge in [-0.15, -0.1) is 0 Å². The zero-order valence-corrected chi connectivity index (χ0v) is 26.2. The Hall–Kier alpha value is -6.12. The Morgan fingerprint density at radius 2 is 1.02 bits per heavy atom. The van der Waals surface area contributed by atoms with Gasteiger partial charge in [-0.1, -0.05) is 121 Å². The van der Waals surface area contributed by atoms with Gasteiger partial charge in [0.15, 0.2) is 0 Å². The molecule has 0 saturated heterocycles. The van der Waals surface area contributed by atoms with E-state index < -0.39 is 0 Å². The van der Waals surface area contributed by atoms with Crippen molar-refractivity contribution in [1.29, 1.82) is 0 Å². The molecular formula is C46H30O2. The maximum atomic E-state index is 6.61. The molecule has 0 aliphatic heterocycles. The molecule has 2 heteroatoms. The number of para-hydroxylation sites is 2. The molecule has 1 aliphatic rings. The molecule has 226 valence electrons. The van der Waals surface area contributed by atoms with Gasteiger partial charge < -0.3 is 8.83 Å². The molecule has 0 amide bonds. The Kier molecular flexibility index (Phi) is 6.04. The topological polar surface area (TPSA) is 26.3 Å². The second-order valence-corrected chi connectivity index (χ2v) is 12.7. The minimum Gasteiger partial charge on any atom is -0.456 e. The number of furan rings is 2. The summed E-state index contributed by atoms with van der Waals surface area (Å²) in [7, 11) is 0. The van der Waals surface area contributed by atoms with Crippen molar-refractivity contribution < 1.29 is 8.83 Å². The standard InChI is InChI=1S/C46H30O2/c1-2-4-16-35(34-18-8-7-17-33(34)32(15-3-1)31-24-23-29-13-5-6-14-30(29)25-31)38-27-41-37-20-10-12-22-44(37)48-46(41)42-28-45-40(26-39(38)42)36-19-9-11-21-43(36)47-45/h3-28H,1-2H2/b15-3+,16-4+,33-32+,35-34+. The van der Waals surface area contributed by atoms with Gasteiger partial charge in [-0.2, -0.15) is 0 Å². The molecule has 0 unspecified atom stereocenters. The summed E-state index contributed by atoms with van der Waals surface area (Å²) in [6.45, 7) is 0. The smallest absolute Gasteiger partial charge is 0.143 e. The van der Waals surface area contributed by atoms with E-state index in [1.165, 1.54) is 43.5 Å². The van der Waals surface area contributed by atoms with Gasteiger partial charge in [0.25, 0.3) is 0 Å². The fraction of sp³-hybridized carbons (Fsp3) is 0.0435. The molecule has 7 aromatic carbocycles. The fourth-order valence-corrected chi connectivity index (χ4v) is 7.61. The van der Waals surface area contributed by atoms with Crippen LogP contribution in [0.15, 0.2) is 167 Å². The van der Waals surface area contributed by atoms with Crippen molar-refractivity contribution in [2.24, 2.45) is 0 Å². The number of hydrogen-bond donors (Lipinski definition) is 0. The van der Waals surface area contributed by atoms with E-state index in [0.717, 1.165) is 67.5 Å². The molecule has 1 aliphatic carbocycles. The lowest BCUT2D eigenvalue weighted by Crippen LogP contribution is -2.29.